The number of benzene rings is 1. The second-order valence-corrected chi connectivity index (χ2v) is 9.02. The van der Waals surface area contributed by atoms with Crippen LogP contribution in [0.2, 0.25) is 0 Å². The lowest BCUT2D eigenvalue weighted by molar-refractivity contribution is -0.140. The third-order valence-corrected chi connectivity index (χ3v) is 6.92. The number of hydrogen-bond donors (Lipinski definition) is 0. The maximum Gasteiger partial charge on any atom is 0.434 e. The van der Waals surface area contributed by atoms with Gasteiger partial charge in [-0.3, -0.25) is 14.5 Å². The van der Waals surface area contributed by atoms with E-state index in [0.29, 0.717) is 36.5 Å². The largest absolute Gasteiger partial charge is 0.434 e. The first-order chi connectivity index (χ1) is 16.1. The van der Waals surface area contributed by atoms with Crippen molar-refractivity contribution < 1.29 is 27.2 Å². The molecule has 7 nitrogen and oxygen atoms in total. The highest BCUT2D eigenvalue weighted by atomic mass is 32.1. The molecule has 0 saturated carbocycles. The summed E-state index contributed by atoms with van der Waals surface area (Å²) in [6.07, 6.45) is -3.59. The zero-order valence-electron chi connectivity index (χ0n) is 18.0. The maximum atomic E-state index is 13.3. The minimum atomic E-state index is -4.58. The van der Waals surface area contributed by atoms with E-state index in [1.807, 2.05) is 0 Å². The van der Waals surface area contributed by atoms with E-state index in [2.05, 4.69) is 9.97 Å². The van der Waals surface area contributed by atoms with Crippen LogP contribution in [0.25, 0.3) is 10.8 Å². The highest BCUT2D eigenvalue weighted by molar-refractivity contribution is 7.13. The van der Waals surface area contributed by atoms with Crippen molar-refractivity contribution in [1.29, 1.82) is 0 Å². The summed E-state index contributed by atoms with van der Waals surface area (Å²) in [6.45, 7) is 2.74. The number of amides is 2. The van der Waals surface area contributed by atoms with Crippen molar-refractivity contribution in [1.82, 2.24) is 19.4 Å². The number of carbonyl (C=O) groups excluding carboxylic acids is 2. The van der Waals surface area contributed by atoms with E-state index in [4.69, 9.17) is 0 Å². The molecule has 0 radical (unpaired) electrons. The molecule has 2 aliphatic heterocycles. The first kappa shape index (κ1) is 22.5. The fourth-order valence-corrected chi connectivity index (χ4v) is 5.24. The fraction of sp³-hybridized carbons (Fsp3) is 0.364. The van der Waals surface area contributed by atoms with Gasteiger partial charge in [-0.05, 0) is 37.6 Å². The van der Waals surface area contributed by atoms with E-state index >= 15 is 0 Å². The van der Waals surface area contributed by atoms with Crippen LogP contribution in [0.4, 0.5) is 23.4 Å². The molecule has 1 atom stereocenters. The topological polar surface area (TPSA) is 71.3 Å². The molecule has 0 spiro atoms. The number of hydrogen-bond acceptors (Lipinski definition) is 5. The molecule has 5 rings (SSSR count). The number of fused-ring (bicyclic) bond motifs is 1. The summed E-state index contributed by atoms with van der Waals surface area (Å²) in [4.78, 5) is 37.1. The van der Waals surface area contributed by atoms with E-state index in [0.717, 1.165) is 16.7 Å². The standard InChI is InChI=1S/C22H19F4N5O2S/c1-12-17-18(30-8-2-3-16(30)32)28-19(20-27-15(11-34-20)22(24,25)26)31(17)10-9-29(12)21(33)13-4-6-14(23)7-5-13/h4-7,11-12H,2-3,8-10H2,1H3/t12-/m1/s1. The first-order valence-corrected chi connectivity index (χ1v) is 11.5. The van der Waals surface area contributed by atoms with Gasteiger partial charge in [-0.1, -0.05) is 0 Å². The van der Waals surface area contributed by atoms with Gasteiger partial charge in [-0.15, -0.1) is 11.3 Å². The van der Waals surface area contributed by atoms with Crippen molar-refractivity contribution in [2.75, 3.05) is 18.0 Å². The SMILES string of the molecule is C[C@@H]1c2c(N3CCCC3=O)nc(-c3nc(C(F)(F)F)cs3)n2CCN1C(=O)c1ccc(F)cc1. The molecule has 178 valence electrons. The van der Waals surface area contributed by atoms with Gasteiger partial charge in [0.15, 0.2) is 22.3 Å². The van der Waals surface area contributed by atoms with Crippen molar-refractivity contribution in [2.24, 2.45) is 0 Å². The van der Waals surface area contributed by atoms with Crippen LogP contribution in [-0.2, 0) is 17.5 Å². The highest BCUT2D eigenvalue weighted by Crippen LogP contribution is 2.41. The molecule has 0 unspecified atom stereocenters. The summed E-state index contributed by atoms with van der Waals surface area (Å²) in [6, 6.07) is 4.69. The molecule has 0 bridgehead atoms. The van der Waals surface area contributed by atoms with Crippen LogP contribution in [0.5, 0.6) is 0 Å². The molecule has 3 aromatic rings. The van der Waals surface area contributed by atoms with E-state index in [-0.39, 0.29) is 35.7 Å². The van der Waals surface area contributed by atoms with Crippen LogP contribution in [0.3, 0.4) is 0 Å². The summed E-state index contributed by atoms with van der Waals surface area (Å²) < 4.78 is 54.5. The molecular weight excluding hydrogens is 474 g/mol. The molecule has 1 saturated heterocycles. The Morgan fingerprint density at radius 3 is 2.47 bits per heavy atom. The number of aromatic nitrogens is 3. The summed E-state index contributed by atoms with van der Waals surface area (Å²) in [5.41, 5.74) is -0.119. The van der Waals surface area contributed by atoms with Crippen LogP contribution in [0, 0.1) is 5.82 Å². The van der Waals surface area contributed by atoms with Crippen molar-refractivity contribution in [3.8, 4) is 10.8 Å². The van der Waals surface area contributed by atoms with Gasteiger partial charge in [0, 0.05) is 37.0 Å². The molecule has 2 aliphatic rings. The molecule has 2 aromatic heterocycles. The van der Waals surface area contributed by atoms with E-state index in [1.165, 1.54) is 29.2 Å². The van der Waals surface area contributed by atoms with Crippen molar-refractivity contribution in [3.63, 3.8) is 0 Å². The lowest BCUT2D eigenvalue weighted by Gasteiger charge is -2.36. The van der Waals surface area contributed by atoms with Crippen molar-refractivity contribution in [3.05, 3.63) is 52.4 Å². The van der Waals surface area contributed by atoms with Crippen LogP contribution in [-0.4, -0.2) is 44.3 Å². The highest BCUT2D eigenvalue weighted by Gasteiger charge is 2.39. The third-order valence-electron chi connectivity index (χ3n) is 6.08. The van der Waals surface area contributed by atoms with Gasteiger partial charge in [-0.25, -0.2) is 14.4 Å². The number of rotatable bonds is 3. The molecule has 0 N–H and O–H groups in total. The van der Waals surface area contributed by atoms with Gasteiger partial charge >= 0.3 is 6.18 Å². The minimum Gasteiger partial charge on any atom is -0.328 e. The number of halogens is 4. The van der Waals surface area contributed by atoms with E-state index < -0.39 is 23.7 Å². The number of nitrogens with zero attached hydrogens (tertiary/aromatic N) is 5. The predicted octanol–water partition coefficient (Wildman–Crippen LogP) is 4.51. The van der Waals surface area contributed by atoms with Crippen LogP contribution in [0.15, 0.2) is 29.6 Å². The monoisotopic (exact) mass is 493 g/mol. The molecule has 2 amide bonds. The normalized spacial score (nSPS) is 18.5. The zero-order chi connectivity index (χ0) is 24.2. The van der Waals surface area contributed by atoms with Crippen LogP contribution < -0.4 is 4.90 Å². The number of alkyl halides is 3. The molecule has 34 heavy (non-hydrogen) atoms. The van der Waals surface area contributed by atoms with Gasteiger partial charge in [0.25, 0.3) is 5.91 Å². The van der Waals surface area contributed by atoms with Gasteiger partial charge < -0.3 is 9.47 Å². The zero-order valence-corrected chi connectivity index (χ0v) is 18.8. The molecule has 1 aromatic carbocycles. The Hall–Kier alpha value is -3.28. The Morgan fingerprint density at radius 2 is 1.85 bits per heavy atom. The predicted molar refractivity (Wildman–Crippen MR) is 116 cm³/mol. The average Bonchev–Trinajstić information content (AvgIpc) is 3.51. The lowest BCUT2D eigenvalue weighted by atomic mass is 10.1. The number of anilines is 1. The number of thiazole rings is 1. The van der Waals surface area contributed by atoms with E-state index in [1.54, 1.807) is 16.4 Å². The second-order valence-electron chi connectivity index (χ2n) is 8.16. The first-order valence-electron chi connectivity index (χ1n) is 10.7. The van der Waals surface area contributed by atoms with Crippen LogP contribution >= 0.6 is 11.3 Å². The van der Waals surface area contributed by atoms with E-state index in [9.17, 15) is 27.2 Å². The molecular formula is C22H19F4N5O2S. The van der Waals surface area contributed by atoms with Gasteiger partial charge in [0.2, 0.25) is 5.91 Å². The Balaban J connectivity index is 1.58. The Labute approximate surface area is 195 Å². The van der Waals surface area contributed by atoms with Gasteiger partial charge in [-0.2, -0.15) is 13.2 Å². The Morgan fingerprint density at radius 1 is 1.12 bits per heavy atom. The molecule has 1 fully saturated rings. The van der Waals surface area contributed by atoms with Crippen LogP contribution in [0.1, 0.15) is 47.6 Å². The molecule has 0 aliphatic carbocycles. The summed E-state index contributed by atoms with van der Waals surface area (Å²) in [5, 5.41) is 1.03. The number of imidazole rings is 1. The van der Waals surface area contributed by atoms with Crippen molar-refractivity contribution >= 4 is 29.0 Å². The summed E-state index contributed by atoms with van der Waals surface area (Å²) in [5.74, 6) is -0.315. The maximum absolute atomic E-state index is 13.3. The summed E-state index contributed by atoms with van der Waals surface area (Å²) in [7, 11) is 0. The van der Waals surface area contributed by atoms with Crippen molar-refractivity contribution in [2.45, 2.75) is 38.5 Å². The van der Waals surface area contributed by atoms with Gasteiger partial charge in [0.1, 0.15) is 5.82 Å². The lowest BCUT2D eigenvalue weighted by Crippen LogP contribution is -2.42. The minimum absolute atomic E-state index is 0.0944. The number of carbonyl (C=O) groups is 2. The second kappa shape index (κ2) is 8.19. The molecule has 12 heteroatoms. The summed E-state index contributed by atoms with van der Waals surface area (Å²) >= 11 is 0.832. The van der Waals surface area contributed by atoms with Gasteiger partial charge in [0.05, 0.1) is 11.7 Å². The Bertz CT molecular complexity index is 1270. The smallest absolute Gasteiger partial charge is 0.328 e. The molecule has 4 heterocycles. The Kier molecular flexibility index (Phi) is 5.42. The third kappa shape index (κ3) is 3.75. The average molecular weight is 493 g/mol. The quantitative estimate of drug-likeness (QED) is 0.504. The fourth-order valence-electron chi connectivity index (χ4n) is 4.42.